The number of carbonyl (C=O) groups excluding carboxylic acids is 1. The Bertz CT molecular complexity index is 1090. The fourth-order valence-corrected chi connectivity index (χ4v) is 3.76. The lowest BCUT2D eigenvalue weighted by molar-refractivity contribution is 0.0676. The van der Waals surface area contributed by atoms with Crippen molar-refractivity contribution < 1.29 is 23.1 Å². The Labute approximate surface area is 177 Å². The first-order chi connectivity index (χ1) is 14.5. The summed E-state index contributed by atoms with van der Waals surface area (Å²) in [7, 11) is 3.09. The molecule has 1 amide bonds. The number of hydrazone groups is 1. The summed E-state index contributed by atoms with van der Waals surface area (Å²) >= 11 is 6.31. The highest BCUT2D eigenvalue weighted by molar-refractivity contribution is 6.31. The number of benzene rings is 2. The van der Waals surface area contributed by atoms with Crippen molar-refractivity contribution in [1.82, 2.24) is 5.01 Å². The van der Waals surface area contributed by atoms with E-state index in [0.29, 0.717) is 22.8 Å². The minimum atomic E-state index is -0.748. The highest BCUT2D eigenvalue weighted by Crippen LogP contribution is 2.40. The van der Waals surface area contributed by atoms with Gasteiger partial charge in [0.05, 0.1) is 32.2 Å². The van der Waals surface area contributed by atoms with Gasteiger partial charge in [-0.05, 0) is 42.5 Å². The van der Waals surface area contributed by atoms with Gasteiger partial charge in [-0.3, -0.25) is 4.79 Å². The number of nitrogens with zero attached hydrogens (tertiary/aromatic N) is 2. The van der Waals surface area contributed by atoms with Crippen molar-refractivity contribution in [1.29, 1.82) is 0 Å². The monoisotopic (exact) mass is 428 g/mol. The average molecular weight is 429 g/mol. The smallest absolute Gasteiger partial charge is 0.310 e. The summed E-state index contributed by atoms with van der Waals surface area (Å²) in [5, 5.41) is 5.94. The van der Waals surface area contributed by atoms with Gasteiger partial charge in [0.25, 0.3) is 0 Å². The molecule has 3 aromatic rings. The van der Waals surface area contributed by atoms with Gasteiger partial charge in [-0.2, -0.15) is 5.10 Å². The normalized spacial score (nSPS) is 15.8. The zero-order valence-electron chi connectivity index (χ0n) is 16.3. The van der Waals surface area contributed by atoms with E-state index in [1.165, 1.54) is 36.6 Å². The van der Waals surface area contributed by atoms with Crippen LogP contribution in [-0.4, -0.2) is 30.8 Å². The van der Waals surface area contributed by atoms with Crippen molar-refractivity contribution in [3.8, 4) is 11.5 Å². The predicted octanol–water partition coefficient (Wildman–Crippen LogP) is 5.08. The second-order valence-electron chi connectivity index (χ2n) is 6.60. The van der Waals surface area contributed by atoms with Gasteiger partial charge in [0.15, 0.2) is 5.76 Å². The number of furan rings is 1. The summed E-state index contributed by atoms with van der Waals surface area (Å²) in [6, 6.07) is 12.1. The molecule has 30 heavy (non-hydrogen) atoms. The molecule has 0 fully saturated rings. The van der Waals surface area contributed by atoms with Crippen molar-refractivity contribution in [2.24, 2.45) is 5.10 Å². The van der Waals surface area contributed by atoms with Crippen LogP contribution in [0.1, 0.15) is 34.1 Å². The largest absolute Gasteiger partial charge is 0.497 e. The van der Waals surface area contributed by atoms with Crippen LogP contribution >= 0.6 is 11.6 Å². The van der Waals surface area contributed by atoms with Gasteiger partial charge in [-0.1, -0.05) is 17.7 Å². The lowest BCUT2D eigenvalue weighted by Gasteiger charge is -2.22. The average Bonchev–Trinajstić information content (AvgIpc) is 3.43. The van der Waals surface area contributed by atoms with Gasteiger partial charge >= 0.3 is 5.91 Å². The summed E-state index contributed by atoms with van der Waals surface area (Å²) in [6.07, 6.45) is 1.63. The Kier molecular flexibility index (Phi) is 5.46. The van der Waals surface area contributed by atoms with Gasteiger partial charge in [0.1, 0.15) is 17.3 Å². The van der Waals surface area contributed by atoms with E-state index in [0.717, 1.165) is 0 Å². The predicted molar refractivity (Wildman–Crippen MR) is 110 cm³/mol. The molecule has 0 unspecified atom stereocenters. The number of carbonyl (C=O) groups is 1. The number of rotatable bonds is 5. The molecule has 0 bridgehead atoms. The van der Waals surface area contributed by atoms with E-state index in [2.05, 4.69) is 5.10 Å². The zero-order valence-corrected chi connectivity index (χ0v) is 17.0. The topological polar surface area (TPSA) is 64.3 Å². The zero-order chi connectivity index (χ0) is 21.3. The van der Waals surface area contributed by atoms with Crippen LogP contribution in [0.15, 0.2) is 64.3 Å². The first-order valence-corrected chi connectivity index (χ1v) is 9.52. The minimum absolute atomic E-state index is 0.0927. The summed E-state index contributed by atoms with van der Waals surface area (Å²) < 4.78 is 30.7. The molecule has 0 saturated heterocycles. The van der Waals surface area contributed by atoms with Gasteiger partial charge in [0.2, 0.25) is 0 Å². The molecule has 0 N–H and O–H groups in total. The highest BCUT2D eigenvalue weighted by Gasteiger charge is 2.38. The fraction of sp³-hybridized carbons (Fsp3) is 0.182. The van der Waals surface area contributed by atoms with Crippen molar-refractivity contribution in [3.05, 3.63) is 82.5 Å². The molecule has 0 radical (unpaired) electrons. The lowest BCUT2D eigenvalue weighted by Crippen LogP contribution is -2.27. The van der Waals surface area contributed by atoms with E-state index in [9.17, 15) is 9.18 Å². The Morgan fingerprint density at radius 3 is 2.70 bits per heavy atom. The molecule has 6 nitrogen and oxygen atoms in total. The first-order valence-electron chi connectivity index (χ1n) is 9.14. The molecule has 2 aromatic carbocycles. The molecular weight excluding hydrogens is 411 g/mol. The molecule has 8 heteroatoms. The second-order valence-corrected chi connectivity index (χ2v) is 7.00. The molecule has 1 atom stereocenters. The van der Waals surface area contributed by atoms with E-state index < -0.39 is 17.8 Å². The van der Waals surface area contributed by atoms with Crippen molar-refractivity contribution in [2.45, 2.75) is 12.5 Å². The minimum Gasteiger partial charge on any atom is -0.497 e. The van der Waals surface area contributed by atoms with E-state index in [1.54, 1.807) is 37.4 Å². The summed E-state index contributed by atoms with van der Waals surface area (Å²) in [6.45, 7) is 0. The third-order valence-corrected chi connectivity index (χ3v) is 5.23. The molecule has 1 aliphatic heterocycles. The van der Waals surface area contributed by atoms with E-state index in [4.69, 9.17) is 25.5 Å². The molecular formula is C22H18ClFN2O4. The molecule has 0 saturated carbocycles. The Hall–Kier alpha value is -3.32. The number of hydrogen-bond acceptors (Lipinski definition) is 5. The van der Waals surface area contributed by atoms with Crippen LogP contribution in [0.25, 0.3) is 0 Å². The van der Waals surface area contributed by atoms with E-state index in [1.807, 2.05) is 0 Å². The van der Waals surface area contributed by atoms with Gasteiger partial charge in [0, 0.05) is 22.6 Å². The number of methoxy groups -OCH3 is 2. The standard InChI is InChI=1S/C22H18ClFN2O4/c1-28-13-8-9-19(29-2)14(11-13)17-12-18(21-15(23)5-3-6-16(21)24)26(25-17)22(27)20-7-4-10-30-20/h3-11,18H,12H2,1-2H3/t18-/m1/s1. The number of ether oxygens (including phenoxy) is 2. The lowest BCUT2D eigenvalue weighted by atomic mass is 9.97. The van der Waals surface area contributed by atoms with Gasteiger partial charge in [-0.15, -0.1) is 0 Å². The van der Waals surface area contributed by atoms with E-state index in [-0.39, 0.29) is 22.8 Å². The SMILES string of the molecule is COc1ccc(OC)c(C2=NN(C(=O)c3ccco3)[C@@H](c3c(F)cccc3Cl)C2)c1. The van der Waals surface area contributed by atoms with Crippen molar-refractivity contribution >= 4 is 23.2 Å². The Balaban J connectivity index is 1.83. The van der Waals surface area contributed by atoms with Crippen LogP contribution in [0.3, 0.4) is 0 Å². The summed E-state index contributed by atoms with van der Waals surface area (Å²) in [4.78, 5) is 13.1. The molecule has 2 heterocycles. The third kappa shape index (κ3) is 3.52. The quantitative estimate of drug-likeness (QED) is 0.568. The third-order valence-electron chi connectivity index (χ3n) is 4.90. The maximum Gasteiger partial charge on any atom is 0.310 e. The molecule has 4 rings (SSSR count). The van der Waals surface area contributed by atoms with Crippen LogP contribution in [0.2, 0.25) is 5.02 Å². The van der Waals surface area contributed by atoms with Crippen LogP contribution in [-0.2, 0) is 0 Å². The van der Waals surface area contributed by atoms with Gasteiger partial charge in [-0.25, -0.2) is 9.40 Å². The molecule has 1 aliphatic rings. The molecule has 154 valence electrons. The molecule has 0 aliphatic carbocycles. The Morgan fingerprint density at radius 2 is 2.03 bits per heavy atom. The first kappa shape index (κ1) is 20.0. The molecule has 0 spiro atoms. The maximum absolute atomic E-state index is 14.7. The van der Waals surface area contributed by atoms with Crippen molar-refractivity contribution in [2.75, 3.05) is 14.2 Å². The van der Waals surface area contributed by atoms with Crippen LogP contribution < -0.4 is 9.47 Å². The van der Waals surface area contributed by atoms with Crippen LogP contribution in [0.5, 0.6) is 11.5 Å². The fourth-order valence-electron chi connectivity index (χ4n) is 3.47. The maximum atomic E-state index is 14.7. The second kappa shape index (κ2) is 8.20. The molecule has 1 aromatic heterocycles. The van der Waals surface area contributed by atoms with Crippen molar-refractivity contribution in [3.63, 3.8) is 0 Å². The van der Waals surface area contributed by atoms with Crippen LogP contribution in [0.4, 0.5) is 4.39 Å². The summed E-state index contributed by atoms with van der Waals surface area (Å²) in [5.74, 6) is 0.236. The van der Waals surface area contributed by atoms with E-state index >= 15 is 0 Å². The Morgan fingerprint density at radius 1 is 1.20 bits per heavy atom. The summed E-state index contributed by atoms with van der Waals surface area (Å²) in [5.41, 5.74) is 1.37. The number of halogens is 2. The number of amides is 1. The van der Waals surface area contributed by atoms with Gasteiger partial charge < -0.3 is 13.9 Å². The highest BCUT2D eigenvalue weighted by atomic mass is 35.5. The van der Waals surface area contributed by atoms with Crippen LogP contribution in [0, 0.1) is 5.82 Å². The number of hydrogen-bond donors (Lipinski definition) is 0.